The molecule has 2 atom stereocenters. The number of hydrogen-bond acceptors (Lipinski definition) is 3. The summed E-state index contributed by atoms with van der Waals surface area (Å²) in [6.07, 6.45) is 2.78. The van der Waals surface area contributed by atoms with Crippen molar-refractivity contribution in [1.82, 2.24) is 10.2 Å². The lowest BCUT2D eigenvalue weighted by atomic mass is 10.0. The fourth-order valence-corrected chi connectivity index (χ4v) is 3.40. The molecule has 1 aliphatic carbocycles. The topological polar surface area (TPSA) is 15.3 Å². The van der Waals surface area contributed by atoms with E-state index in [0.717, 1.165) is 31.6 Å². The van der Waals surface area contributed by atoms with Crippen LogP contribution in [0.1, 0.15) is 45.4 Å². The fraction of sp³-hybridized carbons (Fsp3) is 0.765. The van der Waals surface area contributed by atoms with Gasteiger partial charge in [-0.3, -0.25) is 4.90 Å². The zero-order chi connectivity index (χ0) is 14.5. The van der Waals surface area contributed by atoms with E-state index in [2.05, 4.69) is 55.4 Å². The maximum atomic E-state index is 3.61. The molecule has 0 saturated heterocycles. The average molecular weight is 295 g/mol. The Bertz CT molecular complexity index is 370. The van der Waals surface area contributed by atoms with E-state index >= 15 is 0 Å². The van der Waals surface area contributed by atoms with Gasteiger partial charge in [0, 0.05) is 23.5 Å². The van der Waals surface area contributed by atoms with Gasteiger partial charge in [0.05, 0.1) is 0 Å². The summed E-state index contributed by atoms with van der Waals surface area (Å²) in [5, 5.41) is 5.81. The lowest BCUT2D eigenvalue weighted by Gasteiger charge is -2.33. The largest absolute Gasteiger partial charge is 0.316 e. The Morgan fingerprint density at radius 3 is 2.55 bits per heavy atom. The molecule has 2 rings (SSSR count). The van der Waals surface area contributed by atoms with Gasteiger partial charge in [-0.25, -0.2) is 0 Å². The first-order valence-electron chi connectivity index (χ1n) is 8.06. The Morgan fingerprint density at radius 2 is 2.00 bits per heavy atom. The van der Waals surface area contributed by atoms with Crippen LogP contribution >= 0.6 is 11.3 Å². The summed E-state index contributed by atoms with van der Waals surface area (Å²) in [6, 6.07) is 5.93. The summed E-state index contributed by atoms with van der Waals surface area (Å²) in [6.45, 7) is 12.7. The first kappa shape index (κ1) is 16.0. The van der Waals surface area contributed by atoms with Gasteiger partial charge in [0.25, 0.3) is 0 Å². The number of nitrogens with zero attached hydrogens (tertiary/aromatic N) is 1. The molecule has 0 aromatic carbocycles. The van der Waals surface area contributed by atoms with Crippen LogP contribution < -0.4 is 5.32 Å². The van der Waals surface area contributed by atoms with Crippen LogP contribution in [0.4, 0.5) is 0 Å². The highest BCUT2D eigenvalue weighted by Crippen LogP contribution is 2.32. The molecule has 1 heterocycles. The van der Waals surface area contributed by atoms with Crippen molar-refractivity contribution in [2.24, 2.45) is 11.8 Å². The van der Waals surface area contributed by atoms with Crippen molar-refractivity contribution in [3.8, 4) is 0 Å². The Hall–Kier alpha value is -0.380. The van der Waals surface area contributed by atoms with Crippen molar-refractivity contribution >= 4 is 11.3 Å². The average Bonchev–Trinajstić information content (AvgIpc) is 3.11. The van der Waals surface area contributed by atoms with Crippen molar-refractivity contribution in [3.63, 3.8) is 0 Å². The van der Waals surface area contributed by atoms with Gasteiger partial charge in [0.1, 0.15) is 0 Å². The van der Waals surface area contributed by atoms with Crippen LogP contribution in [0, 0.1) is 11.8 Å². The zero-order valence-electron chi connectivity index (χ0n) is 13.4. The minimum absolute atomic E-state index is 0.657. The van der Waals surface area contributed by atoms with E-state index in [1.165, 1.54) is 17.7 Å². The van der Waals surface area contributed by atoms with Gasteiger partial charge < -0.3 is 5.32 Å². The number of nitrogens with one attached hydrogen (secondary N) is 1. The molecule has 3 heteroatoms. The number of hydrogen-bond donors (Lipinski definition) is 1. The first-order valence-corrected chi connectivity index (χ1v) is 8.94. The second-order valence-corrected chi connectivity index (χ2v) is 7.79. The molecule has 1 fully saturated rings. The standard InChI is InChI=1S/C17H30N2S/c1-13(2)10-18-11-14(3)15(4)19(16-7-8-16)12-17-6-5-9-20-17/h5-6,9,13-16,18H,7-8,10-12H2,1-4H3. The van der Waals surface area contributed by atoms with Gasteiger partial charge in [0.15, 0.2) is 0 Å². The Kier molecular flexibility index (Phi) is 6.06. The maximum absolute atomic E-state index is 3.61. The molecule has 0 amide bonds. The van der Waals surface area contributed by atoms with Crippen LogP contribution in [0.5, 0.6) is 0 Å². The maximum Gasteiger partial charge on any atom is 0.0333 e. The summed E-state index contributed by atoms with van der Waals surface area (Å²) in [7, 11) is 0. The van der Waals surface area contributed by atoms with E-state index in [4.69, 9.17) is 0 Å². The second kappa shape index (κ2) is 7.58. The quantitative estimate of drug-likeness (QED) is 0.741. The molecule has 20 heavy (non-hydrogen) atoms. The summed E-state index contributed by atoms with van der Waals surface area (Å²) < 4.78 is 0. The molecule has 0 spiro atoms. The fourth-order valence-electron chi connectivity index (χ4n) is 2.69. The van der Waals surface area contributed by atoms with E-state index in [1.807, 2.05) is 11.3 Å². The van der Waals surface area contributed by atoms with Gasteiger partial charge in [-0.05, 0) is 56.1 Å². The number of rotatable bonds is 9. The summed E-state index contributed by atoms with van der Waals surface area (Å²) >= 11 is 1.89. The van der Waals surface area contributed by atoms with E-state index < -0.39 is 0 Å². The Balaban J connectivity index is 1.84. The van der Waals surface area contributed by atoms with Crippen LogP contribution in [0.3, 0.4) is 0 Å². The third kappa shape index (κ3) is 4.87. The van der Waals surface area contributed by atoms with Gasteiger partial charge in [-0.1, -0.05) is 26.8 Å². The molecule has 1 aromatic heterocycles. The van der Waals surface area contributed by atoms with Crippen molar-refractivity contribution in [3.05, 3.63) is 22.4 Å². The molecule has 0 radical (unpaired) electrons. The van der Waals surface area contributed by atoms with Crippen LogP contribution in [0.15, 0.2) is 17.5 Å². The van der Waals surface area contributed by atoms with Crippen LogP contribution in [0.2, 0.25) is 0 Å². The molecule has 0 bridgehead atoms. The Morgan fingerprint density at radius 1 is 1.25 bits per heavy atom. The SMILES string of the molecule is CC(C)CNCC(C)C(C)N(Cc1cccs1)C1CC1. The Labute approximate surface area is 128 Å². The van der Waals surface area contributed by atoms with E-state index in [1.54, 1.807) is 0 Å². The third-order valence-electron chi connectivity index (χ3n) is 4.30. The van der Waals surface area contributed by atoms with E-state index in [0.29, 0.717) is 12.0 Å². The second-order valence-electron chi connectivity index (χ2n) is 6.75. The highest BCUT2D eigenvalue weighted by molar-refractivity contribution is 7.09. The van der Waals surface area contributed by atoms with Crippen LogP contribution in [-0.4, -0.2) is 30.1 Å². The molecule has 1 saturated carbocycles. The highest BCUT2D eigenvalue weighted by Gasteiger charge is 2.34. The zero-order valence-corrected chi connectivity index (χ0v) is 14.2. The summed E-state index contributed by atoms with van der Waals surface area (Å²) in [5.74, 6) is 1.44. The molecule has 0 aliphatic heterocycles. The summed E-state index contributed by atoms with van der Waals surface area (Å²) in [4.78, 5) is 4.24. The number of thiophene rings is 1. The molecule has 2 nitrogen and oxygen atoms in total. The monoisotopic (exact) mass is 294 g/mol. The van der Waals surface area contributed by atoms with Crippen LogP contribution in [-0.2, 0) is 6.54 Å². The third-order valence-corrected chi connectivity index (χ3v) is 5.16. The summed E-state index contributed by atoms with van der Waals surface area (Å²) in [5.41, 5.74) is 0. The molecule has 114 valence electrons. The molecule has 1 aliphatic rings. The van der Waals surface area contributed by atoms with Crippen LogP contribution in [0.25, 0.3) is 0 Å². The van der Waals surface area contributed by atoms with Gasteiger partial charge in [0.2, 0.25) is 0 Å². The van der Waals surface area contributed by atoms with Crippen molar-refractivity contribution in [1.29, 1.82) is 0 Å². The normalized spacial score (nSPS) is 18.7. The molecule has 1 N–H and O–H groups in total. The minimum Gasteiger partial charge on any atom is -0.316 e. The smallest absolute Gasteiger partial charge is 0.0333 e. The predicted octanol–water partition coefficient (Wildman–Crippen LogP) is 3.98. The molecular formula is C17H30N2S. The van der Waals surface area contributed by atoms with Crippen molar-refractivity contribution < 1.29 is 0 Å². The lowest BCUT2D eigenvalue weighted by Crippen LogP contribution is -2.42. The van der Waals surface area contributed by atoms with Gasteiger partial charge >= 0.3 is 0 Å². The van der Waals surface area contributed by atoms with Gasteiger partial charge in [-0.15, -0.1) is 11.3 Å². The van der Waals surface area contributed by atoms with E-state index in [-0.39, 0.29) is 0 Å². The molecule has 1 aromatic rings. The molecular weight excluding hydrogens is 264 g/mol. The van der Waals surface area contributed by atoms with Crippen molar-refractivity contribution in [2.75, 3.05) is 13.1 Å². The van der Waals surface area contributed by atoms with Gasteiger partial charge in [-0.2, -0.15) is 0 Å². The minimum atomic E-state index is 0.657. The lowest BCUT2D eigenvalue weighted by molar-refractivity contribution is 0.143. The van der Waals surface area contributed by atoms with E-state index in [9.17, 15) is 0 Å². The van der Waals surface area contributed by atoms with Crippen molar-refractivity contribution in [2.45, 2.75) is 59.2 Å². The first-order chi connectivity index (χ1) is 9.58. The molecule has 2 unspecified atom stereocenters. The predicted molar refractivity (Wildman–Crippen MR) is 89.2 cm³/mol. The highest BCUT2D eigenvalue weighted by atomic mass is 32.1.